The van der Waals surface area contributed by atoms with Crippen LogP contribution in [0.1, 0.15) is 42.4 Å². The molecule has 1 atom stereocenters. The Morgan fingerprint density at radius 2 is 1.78 bits per heavy atom. The smallest absolute Gasteiger partial charge is 0.301 e. The van der Waals surface area contributed by atoms with Crippen molar-refractivity contribution in [1.82, 2.24) is 19.6 Å². The molecule has 2 aromatic carbocycles. The number of ketones is 1. The van der Waals surface area contributed by atoms with Gasteiger partial charge in [-0.25, -0.2) is 9.37 Å². The lowest BCUT2D eigenvalue weighted by atomic mass is 9.96. The number of ether oxygens (including phenoxy) is 2. The van der Waals surface area contributed by atoms with Gasteiger partial charge in [0.15, 0.2) is 21.6 Å². The number of fused-ring (bicyclic) bond motifs is 1. The maximum absolute atomic E-state index is 13.8. The largest absolute Gasteiger partial charge is 0.505 e. The number of anilines is 1. The van der Waals surface area contributed by atoms with Crippen LogP contribution in [0.25, 0.3) is 11.4 Å². The van der Waals surface area contributed by atoms with Crippen molar-refractivity contribution < 1.29 is 28.6 Å². The van der Waals surface area contributed by atoms with Crippen molar-refractivity contribution in [2.24, 2.45) is 0 Å². The van der Waals surface area contributed by atoms with Crippen LogP contribution >= 0.6 is 23.1 Å². The number of aromatic nitrogens is 4. The number of pyridine rings is 1. The van der Waals surface area contributed by atoms with Crippen LogP contribution < -0.4 is 14.4 Å². The van der Waals surface area contributed by atoms with Crippen molar-refractivity contribution in [3.63, 3.8) is 0 Å². The summed E-state index contributed by atoms with van der Waals surface area (Å²) in [5.41, 5.74) is 2.65. The van der Waals surface area contributed by atoms with Crippen molar-refractivity contribution in [3.05, 3.63) is 101 Å². The zero-order valence-corrected chi connectivity index (χ0v) is 26.2. The maximum Gasteiger partial charge on any atom is 0.301 e. The summed E-state index contributed by atoms with van der Waals surface area (Å²) in [4.78, 5) is 33.4. The predicted molar refractivity (Wildman–Crippen MR) is 169 cm³/mol. The normalized spacial score (nSPS) is 16.1. The van der Waals surface area contributed by atoms with E-state index in [0.29, 0.717) is 57.4 Å². The van der Waals surface area contributed by atoms with Crippen LogP contribution in [0.3, 0.4) is 0 Å². The molecule has 0 saturated carbocycles. The van der Waals surface area contributed by atoms with Crippen molar-refractivity contribution in [2.75, 3.05) is 18.1 Å². The fourth-order valence-corrected chi connectivity index (χ4v) is 7.02. The van der Waals surface area contributed by atoms with Gasteiger partial charge in [-0.1, -0.05) is 47.4 Å². The maximum atomic E-state index is 13.8. The fourth-order valence-electron chi connectivity index (χ4n) is 5.19. The number of aliphatic hydroxyl groups is 1. The van der Waals surface area contributed by atoms with Gasteiger partial charge in [-0.15, -0.1) is 10.2 Å². The molecule has 1 aliphatic heterocycles. The Morgan fingerprint density at radius 1 is 1.02 bits per heavy atom. The van der Waals surface area contributed by atoms with E-state index in [4.69, 9.17) is 9.47 Å². The van der Waals surface area contributed by atoms with Gasteiger partial charge in [0.25, 0.3) is 5.78 Å². The van der Waals surface area contributed by atoms with Crippen LogP contribution in [0.4, 0.5) is 9.52 Å². The first-order chi connectivity index (χ1) is 21.8. The van der Waals surface area contributed by atoms with Gasteiger partial charge in [0, 0.05) is 11.9 Å². The van der Waals surface area contributed by atoms with Gasteiger partial charge in [-0.3, -0.25) is 18.9 Å². The summed E-state index contributed by atoms with van der Waals surface area (Å²) < 4.78 is 27.2. The van der Waals surface area contributed by atoms with Crippen LogP contribution in [-0.2, 0) is 15.3 Å². The van der Waals surface area contributed by atoms with Gasteiger partial charge < -0.3 is 14.6 Å². The molecule has 10 nitrogen and oxygen atoms in total. The molecule has 0 spiro atoms. The molecule has 1 aliphatic rings. The first-order valence-corrected chi connectivity index (χ1v) is 16.0. The highest BCUT2D eigenvalue weighted by molar-refractivity contribution is 8.00. The van der Waals surface area contributed by atoms with Gasteiger partial charge >= 0.3 is 5.91 Å². The Kier molecular flexibility index (Phi) is 8.55. The van der Waals surface area contributed by atoms with Crippen LogP contribution in [0.5, 0.6) is 11.5 Å². The van der Waals surface area contributed by atoms with E-state index in [1.807, 2.05) is 19.9 Å². The minimum atomic E-state index is -1.06. The lowest BCUT2D eigenvalue weighted by molar-refractivity contribution is -0.132. The number of carbonyl (C=O) groups is 2. The molecule has 230 valence electrons. The third-order valence-corrected chi connectivity index (χ3v) is 9.26. The van der Waals surface area contributed by atoms with E-state index in [0.717, 1.165) is 16.9 Å². The van der Waals surface area contributed by atoms with Crippen molar-refractivity contribution in [2.45, 2.75) is 36.9 Å². The predicted octanol–water partition coefficient (Wildman–Crippen LogP) is 6.35. The standard InChI is InChI=1S/C32H28FN5O5S2/c1-4-42-22-14-11-20(16-23(22)43-5-2)27-25(28(39)26-18(3)34-24-8-6-7-15-37(24)26)29(40)30(41)38(27)31-35-36-32(45-31)44-17-19-9-12-21(33)13-10-19/h6-16,27,39H,4-5,17H2,1-3H3/b28-25+. The van der Waals surface area contributed by atoms with E-state index >= 15 is 0 Å². The van der Waals surface area contributed by atoms with E-state index in [9.17, 15) is 19.1 Å². The molecule has 0 aliphatic carbocycles. The minimum absolute atomic E-state index is 0.115. The zero-order valence-electron chi connectivity index (χ0n) is 24.6. The zero-order chi connectivity index (χ0) is 31.7. The molecule has 0 bridgehead atoms. The molecule has 45 heavy (non-hydrogen) atoms. The third kappa shape index (κ3) is 5.76. The van der Waals surface area contributed by atoms with Crippen LogP contribution in [-0.4, -0.2) is 49.6 Å². The lowest BCUT2D eigenvalue weighted by Gasteiger charge is -2.23. The molecule has 13 heteroatoms. The summed E-state index contributed by atoms with van der Waals surface area (Å²) in [5, 5.41) is 20.5. The van der Waals surface area contributed by atoms with E-state index in [-0.39, 0.29) is 22.3 Å². The summed E-state index contributed by atoms with van der Waals surface area (Å²) in [6.07, 6.45) is 1.73. The molecular weight excluding hydrogens is 618 g/mol. The van der Waals surface area contributed by atoms with Gasteiger partial charge in [0.2, 0.25) is 5.13 Å². The fraction of sp³-hybridized carbons (Fsp3) is 0.219. The number of imidazole rings is 1. The number of Topliss-reactive ketones (excluding diaryl/α,β-unsaturated/α-hetero) is 1. The van der Waals surface area contributed by atoms with Gasteiger partial charge in [-0.05, 0) is 68.3 Å². The number of nitrogens with zero attached hydrogens (tertiary/aromatic N) is 5. The molecule has 1 fully saturated rings. The third-order valence-electron chi connectivity index (χ3n) is 7.13. The summed E-state index contributed by atoms with van der Waals surface area (Å²) >= 11 is 2.51. The number of aryl methyl sites for hydroxylation is 1. The Labute approximate surface area is 266 Å². The number of hydrogen-bond acceptors (Lipinski definition) is 10. The van der Waals surface area contributed by atoms with E-state index in [1.54, 1.807) is 60.0 Å². The van der Waals surface area contributed by atoms with Crippen molar-refractivity contribution in [1.29, 1.82) is 0 Å². The topological polar surface area (TPSA) is 119 Å². The number of hydrogen-bond donors (Lipinski definition) is 1. The van der Waals surface area contributed by atoms with Crippen molar-refractivity contribution >= 4 is 51.3 Å². The minimum Gasteiger partial charge on any atom is -0.505 e. The number of carbonyl (C=O) groups excluding carboxylic acids is 2. The average Bonchev–Trinajstić information content (AvgIpc) is 3.71. The second kappa shape index (κ2) is 12.7. The van der Waals surface area contributed by atoms with Gasteiger partial charge in [0.1, 0.15) is 17.2 Å². The number of aliphatic hydroxyl groups excluding tert-OH is 1. The first-order valence-electron chi connectivity index (χ1n) is 14.2. The second-order valence-corrected chi connectivity index (χ2v) is 12.2. The van der Waals surface area contributed by atoms with Crippen LogP contribution in [0, 0.1) is 12.7 Å². The number of amides is 1. The summed E-state index contributed by atoms with van der Waals surface area (Å²) in [6.45, 7) is 6.20. The monoisotopic (exact) mass is 645 g/mol. The van der Waals surface area contributed by atoms with E-state index in [2.05, 4.69) is 15.2 Å². The molecule has 4 heterocycles. The number of thioether (sulfide) groups is 1. The first kappa shape index (κ1) is 30.3. The molecule has 1 unspecified atom stereocenters. The molecule has 3 aromatic heterocycles. The summed E-state index contributed by atoms with van der Waals surface area (Å²) in [6, 6.07) is 15.6. The summed E-state index contributed by atoms with van der Waals surface area (Å²) in [5.74, 6) is -0.968. The second-order valence-electron chi connectivity index (χ2n) is 9.98. The summed E-state index contributed by atoms with van der Waals surface area (Å²) in [7, 11) is 0. The molecule has 1 saturated heterocycles. The highest BCUT2D eigenvalue weighted by atomic mass is 32.2. The SMILES string of the molecule is CCOc1ccc(C2/C(=C(\O)c3c(C)nc4ccccn34)C(=O)C(=O)N2c2nnc(SCc3ccc(F)cc3)s2)cc1OCC. The molecular formula is C32H28FN5O5S2. The molecule has 0 radical (unpaired) electrons. The van der Waals surface area contributed by atoms with Gasteiger partial charge in [-0.2, -0.15) is 0 Å². The van der Waals surface area contributed by atoms with Crippen LogP contribution in [0.15, 0.2) is 76.8 Å². The Bertz CT molecular complexity index is 1940. The average molecular weight is 646 g/mol. The molecule has 6 rings (SSSR count). The highest BCUT2D eigenvalue weighted by Gasteiger charge is 2.49. The lowest BCUT2D eigenvalue weighted by Crippen LogP contribution is -2.29. The highest BCUT2D eigenvalue weighted by Crippen LogP contribution is 2.46. The molecule has 1 amide bonds. The molecule has 1 N–H and O–H groups in total. The molecule has 5 aromatic rings. The number of halogens is 1. The Balaban J connectivity index is 1.47. The van der Waals surface area contributed by atoms with Crippen LogP contribution in [0.2, 0.25) is 0 Å². The number of rotatable bonds is 10. The van der Waals surface area contributed by atoms with Gasteiger partial charge in [0.05, 0.1) is 30.5 Å². The van der Waals surface area contributed by atoms with E-state index in [1.165, 1.54) is 28.8 Å². The Hall–Kier alpha value is -4.75. The quantitative estimate of drug-likeness (QED) is 0.0609. The van der Waals surface area contributed by atoms with E-state index < -0.39 is 17.7 Å². The van der Waals surface area contributed by atoms with Crippen molar-refractivity contribution in [3.8, 4) is 11.5 Å². The number of benzene rings is 2. The Morgan fingerprint density at radius 3 is 2.53 bits per heavy atom.